The molecule has 5 nitrogen and oxygen atoms in total. The first-order valence-corrected chi connectivity index (χ1v) is 6.35. The average molecular weight is 281 g/mol. The summed E-state index contributed by atoms with van der Waals surface area (Å²) >= 11 is 0. The summed E-state index contributed by atoms with van der Waals surface area (Å²) < 4.78 is 0. The lowest BCUT2D eigenvalue weighted by molar-refractivity contribution is -0.0585. The number of nitrogens with zero attached hydrogens (tertiary/aromatic N) is 1. The Morgan fingerprint density at radius 2 is 1.43 bits per heavy atom. The van der Waals surface area contributed by atoms with Gasteiger partial charge in [0, 0.05) is 0 Å². The maximum Gasteiger partial charge on any atom is 0.364 e. The molecular formula is C16H11NO4. The fourth-order valence-corrected chi connectivity index (χ4v) is 2.18. The summed E-state index contributed by atoms with van der Waals surface area (Å²) in [4.78, 5) is 41.2. The molecule has 1 aliphatic rings. The smallest absolute Gasteiger partial charge is 0.324 e. The first kappa shape index (κ1) is 13.1. The van der Waals surface area contributed by atoms with Crippen molar-refractivity contribution in [2.75, 3.05) is 0 Å². The second kappa shape index (κ2) is 4.86. The predicted molar refractivity (Wildman–Crippen MR) is 73.5 cm³/mol. The van der Waals surface area contributed by atoms with Gasteiger partial charge in [-0.2, -0.15) is 0 Å². The van der Waals surface area contributed by atoms with Crippen LogP contribution in [0.15, 0.2) is 48.5 Å². The normalized spacial score (nSPS) is 13.3. The summed E-state index contributed by atoms with van der Waals surface area (Å²) in [5.41, 5.74) is 1.49. The highest BCUT2D eigenvalue weighted by Gasteiger charge is 2.38. The minimum absolute atomic E-state index is 0.236. The van der Waals surface area contributed by atoms with Crippen molar-refractivity contribution in [3.8, 4) is 0 Å². The van der Waals surface area contributed by atoms with Crippen molar-refractivity contribution in [3.05, 3.63) is 70.8 Å². The van der Waals surface area contributed by atoms with E-state index in [1.807, 2.05) is 0 Å². The molecule has 0 fully saturated rings. The third kappa shape index (κ3) is 2.08. The van der Waals surface area contributed by atoms with Gasteiger partial charge in [-0.25, -0.2) is 4.79 Å². The third-order valence-electron chi connectivity index (χ3n) is 3.30. The van der Waals surface area contributed by atoms with Crippen LogP contribution in [0.25, 0.3) is 0 Å². The molecule has 0 spiro atoms. The summed E-state index contributed by atoms with van der Waals surface area (Å²) in [5, 5.41) is 0.513. The topological polar surface area (TPSA) is 63.7 Å². The molecule has 0 unspecified atom stereocenters. The van der Waals surface area contributed by atoms with Crippen LogP contribution in [0.1, 0.15) is 36.6 Å². The summed E-state index contributed by atoms with van der Waals surface area (Å²) in [5.74, 6) is -1.99. The standard InChI is InChI=1S/C16H11NO4/c1-10-6-2-3-7-11(10)16(20)21-17-14(18)12-8-4-5-9-13(12)15(17)19/h2-9H,1H3. The van der Waals surface area contributed by atoms with E-state index in [4.69, 9.17) is 4.84 Å². The van der Waals surface area contributed by atoms with Crippen molar-refractivity contribution in [1.82, 2.24) is 5.06 Å². The number of carbonyl (C=O) groups excluding carboxylic acids is 3. The number of fused-ring (bicyclic) bond motifs is 1. The molecule has 2 amide bonds. The molecule has 0 aliphatic carbocycles. The molecule has 0 bridgehead atoms. The highest BCUT2D eigenvalue weighted by Crippen LogP contribution is 2.23. The summed E-state index contributed by atoms with van der Waals surface area (Å²) in [6.45, 7) is 1.75. The number of hydrogen-bond acceptors (Lipinski definition) is 4. The fraction of sp³-hybridized carbons (Fsp3) is 0.0625. The van der Waals surface area contributed by atoms with Crippen LogP contribution >= 0.6 is 0 Å². The van der Waals surface area contributed by atoms with E-state index >= 15 is 0 Å². The zero-order chi connectivity index (χ0) is 15.0. The Balaban J connectivity index is 1.88. The zero-order valence-corrected chi connectivity index (χ0v) is 11.2. The molecule has 0 atom stereocenters. The highest BCUT2D eigenvalue weighted by atomic mass is 16.7. The Hall–Kier alpha value is -2.95. The molecule has 5 heteroatoms. The van der Waals surface area contributed by atoms with E-state index in [1.165, 1.54) is 12.1 Å². The van der Waals surface area contributed by atoms with E-state index in [1.54, 1.807) is 43.3 Å². The minimum atomic E-state index is -0.734. The maximum absolute atomic E-state index is 12.1. The van der Waals surface area contributed by atoms with Gasteiger partial charge in [0.25, 0.3) is 11.8 Å². The first-order chi connectivity index (χ1) is 10.1. The molecule has 0 radical (unpaired) electrons. The molecule has 104 valence electrons. The number of aryl methyl sites for hydroxylation is 1. The van der Waals surface area contributed by atoms with Crippen molar-refractivity contribution >= 4 is 17.8 Å². The van der Waals surface area contributed by atoms with Gasteiger partial charge in [-0.05, 0) is 30.7 Å². The van der Waals surface area contributed by atoms with Gasteiger partial charge in [0.15, 0.2) is 0 Å². The van der Waals surface area contributed by atoms with Gasteiger partial charge in [0.05, 0.1) is 16.7 Å². The van der Waals surface area contributed by atoms with Crippen LogP contribution in [0, 0.1) is 6.92 Å². The lowest BCUT2D eigenvalue weighted by Crippen LogP contribution is -2.32. The maximum atomic E-state index is 12.1. The number of hydroxylamine groups is 2. The molecule has 0 aromatic heterocycles. The molecular weight excluding hydrogens is 270 g/mol. The van der Waals surface area contributed by atoms with Crippen molar-refractivity contribution < 1.29 is 19.2 Å². The van der Waals surface area contributed by atoms with Crippen LogP contribution in [0.4, 0.5) is 0 Å². The molecule has 1 heterocycles. The second-order valence-corrected chi connectivity index (χ2v) is 4.64. The fourth-order valence-electron chi connectivity index (χ4n) is 2.18. The van der Waals surface area contributed by atoms with Crippen LogP contribution < -0.4 is 0 Å². The van der Waals surface area contributed by atoms with Crippen LogP contribution in [-0.4, -0.2) is 22.8 Å². The van der Waals surface area contributed by atoms with E-state index in [2.05, 4.69) is 0 Å². The Morgan fingerprint density at radius 3 is 2.00 bits per heavy atom. The van der Waals surface area contributed by atoms with Crippen LogP contribution in [0.3, 0.4) is 0 Å². The van der Waals surface area contributed by atoms with Gasteiger partial charge in [-0.3, -0.25) is 9.59 Å². The van der Waals surface area contributed by atoms with Crippen molar-refractivity contribution in [2.24, 2.45) is 0 Å². The number of carbonyl (C=O) groups is 3. The van der Waals surface area contributed by atoms with Gasteiger partial charge in [-0.15, -0.1) is 0 Å². The first-order valence-electron chi connectivity index (χ1n) is 6.35. The van der Waals surface area contributed by atoms with E-state index < -0.39 is 17.8 Å². The number of rotatable bonds is 2. The molecule has 0 N–H and O–H groups in total. The molecule has 21 heavy (non-hydrogen) atoms. The number of amides is 2. The third-order valence-corrected chi connectivity index (χ3v) is 3.30. The summed E-state index contributed by atoms with van der Waals surface area (Å²) in [6.07, 6.45) is 0. The molecule has 0 saturated carbocycles. The summed E-state index contributed by atoms with van der Waals surface area (Å²) in [6, 6.07) is 13.1. The van der Waals surface area contributed by atoms with Crippen molar-refractivity contribution in [3.63, 3.8) is 0 Å². The highest BCUT2D eigenvalue weighted by molar-refractivity contribution is 6.21. The SMILES string of the molecule is Cc1ccccc1C(=O)ON1C(=O)c2ccccc2C1=O. The van der Waals surface area contributed by atoms with Crippen molar-refractivity contribution in [2.45, 2.75) is 6.92 Å². The lowest BCUT2D eigenvalue weighted by atomic mass is 10.1. The molecule has 2 aromatic carbocycles. The second-order valence-electron chi connectivity index (χ2n) is 4.64. The Bertz CT molecular complexity index is 731. The Morgan fingerprint density at radius 1 is 0.905 bits per heavy atom. The van der Waals surface area contributed by atoms with Crippen LogP contribution in [0.5, 0.6) is 0 Å². The number of benzene rings is 2. The molecule has 0 saturated heterocycles. The number of hydrogen-bond donors (Lipinski definition) is 0. The molecule has 1 aliphatic heterocycles. The number of imide groups is 1. The monoisotopic (exact) mass is 281 g/mol. The van der Waals surface area contributed by atoms with Crippen LogP contribution in [-0.2, 0) is 4.84 Å². The zero-order valence-electron chi connectivity index (χ0n) is 11.2. The van der Waals surface area contributed by atoms with E-state index in [-0.39, 0.29) is 11.1 Å². The predicted octanol–water partition coefficient (Wildman–Crippen LogP) is 2.36. The summed E-state index contributed by atoms with van der Waals surface area (Å²) in [7, 11) is 0. The Kier molecular flexibility index (Phi) is 3.02. The Labute approximate surface area is 120 Å². The lowest BCUT2D eigenvalue weighted by Gasteiger charge is -2.13. The van der Waals surface area contributed by atoms with Gasteiger partial charge in [0.2, 0.25) is 0 Å². The van der Waals surface area contributed by atoms with Gasteiger partial charge >= 0.3 is 5.97 Å². The van der Waals surface area contributed by atoms with E-state index in [0.717, 1.165) is 0 Å². The largest absolute Gasteiger partial charge is 0.364 e. The van der Waals surface area contributed by atoms with Crippen LogP contribution in [0.2, 0.25) is 0 Å². The van der Waals surface area contributed by atoms with Crippen molar-refractivity contribution in [1.29, 1.82) is 0 Å². The molecule has 3 rings (SSSR count). The minimum Gasteiger partial charge on any atom is -0.324 e. The van der Waals surface area contributed by atoms with E-state index in [0.29, 0.717) is 16.2 Å². The van der Waals surface area contributed by atoms with Gasteiger partial charge < -0.3 is 4.84 Å². The van der Waals surface area contributed by atoms with Gasteiger partial charge in [-0.1, -0.05) is 35.4 Å². The van der Waals surface area contributed by atoms with Gasteiger partial charge in [0.1, 0.15) is 0 Å². The van der Waals surface area contributed by atoms with E-state index in [9.17, 15) is 14.4 Å². The average Bonchev–Trinajstić information content (AvgIpc) is 2.73. The quantitative estimate of drug-likeness (QED) is 0.793. The molecule has 2 aromatic rings.